The third-order valence-electron chi connectivity index (χ3n) is 2.27. The molecule has 5 heteroatoms. The Morgan fingerprint density at radius 1 is 1.38 bits per heavy atom. The predicted molar refractivity (Wildman–Crippen MR) is 54.6 cm³/mol. The molecular formula is C8H15N3OS. The van der Waals surface area contributed by atoms with E-state index < -0.39 is 0 Å². The molecule has 0 aromatic heterocycles. The highest BCUT2D eigenvalue weighted by molar-refractivity contribution is 7.80. The normalized spacial score (nSPS) is 16.9. The summed E-state index contributed by atoms with van der Waals surface area (Å²) in [7, 11) is 0. The maximum Gasteiger partial charge on any atom is 0.238 e. The molecule has 0 aromatic rings. The van der Waals surface area contributed by atoms with E-state index >= 15 is 0 Å². The molecule has 4 N–H and O–H groups in total. The van der Waals surface area contributed by atoms with E-state index in [1.807, 2.05) is 0 Å². The summed E-state index contributed by atoms with van der Waals surface area (Å²) in [4.78, 5) is 11.2. The van der Waals surface area contributed by atoms with Gasteiger partial charge in [0.15, 0.2) is 5.11 Å². The van der Waals surface area contributed by atoms with Crippen LogP contribution in [0.4, 0.5) is 0 Å². The lowest BCUT2D eigenvalue weighted by Gasteiger charge is -2.09. The Kier molecular flexibility index (Phi) is 3.95. The SMILES string of the molecule is NC(=S)NNC(=O)CC1CCCC1. The van der Waals surface area contributed by atoms with Crippen LogP contribution >= 0.6 is 12.2 Å². The number of hydrogen-bond donors (Lipinski definition) is 3. The van der Waals surface area contributed by atoms with Gasteiger partial charge < -0.3 is 5.73 Å². The van der Waals surface area contributed by atoms with Gasteiger partial charge in [0.1, 0.15) is 0 Å². The average molecular weight is 201 g/mol. The number of carbonyl (C=O) groups is 1. The zero-order valence-corrected chi connectivity index (χ0v) is 8.32. The average Bonchev–Trinajstić information content (AvgIpc) is 2.53. The minimum absolute atomic E-state index is 0.0281. The van der Waals surface area contributed by atoms with Gasteiger partial charge >= 0.3 is 0 Å². The Hall–Kier alpha value is -0.840. The first-order chi connectivity index (χ1) is 6.18. The number of thiocarbonyl (C=S) groups is 1. The molecule has 0 saturated heterocycles. The molecule has 74 valence electrons. The second-order valence-corrected chi connectivity index (χ2v) is 3.83. The van der Waals surface area contributed by atoms with Gasteiger partial charge in [0.05, 0.1) is 0 Å². The maximum absolute atomic E-state index is 11.2. The van der Waals surface area contributed by atoms with Crippen LogP contribution in [0.2, 0.25) is 0 Å². The van der Waals surface area contributed by atoms with Crippen LogP contribution < -0.4 is 16.6 Å². The van der Waals surface area contributed by atoms with Crippen molar-refractivity contribution in [1.29, 1.82) is 0 Å². The Morgan fingerprint density at radius 2 is 2.00 bits per heavy atom. The number of amides is 1. The molecule has 0 heterocycles. The zero-order chi connectivity index (χ0) is 9.68. The summed E-state index contributed by atoms with van der Waals surface area (Å²) in [5.41, 5.74) is 10.0. The second kappa shape index (κ2) is 5.01. The van der Waals surface area contributed by atoms with Crippen LogP contribution in [0.5, 0.6) is 0 Å². The fourth-order valence-corrected chi connectivity index (χ4v) is 1.71. The lowest BCUT2D eigenvalue weighted by molar-refractivity contribution is -0.122. The van der Waals surface area contributed by atoms with Crippen molar-refractivity contribution in [2.75, 3.05) is 0 Å². The van der Waals surface area contributed by atoms with Gasteiger partial charge in [0.25, 0.3) is 0 Å². The van der Waals surface area contributed by atoms with E-state index in [4.69, 9.17) is 5.73 Å². The van der Waals surface area contributed by atoms with Gasteiger partial charge in [-0.1, -0.05) is 12.8 Å². The van der Waals surface area contributed by atoms with E-state index in [9.17, 15) is 4.79 Å². The molecule has 4 nitrogen and oxygen atoms in total. The summed E-state index contributed by atoms with van der Waals surface area (Å²) in [5.74, 6) is 0.521. The summed E-state index contributed by atoms with van der Waals surface area (Å²) >= 11 is 4.55. The minimum atomic E-state index is -0.0281. The molecule has 0 unspecified atom stereocenters. The molecule has 0 atom stereocenters. The van der Waals surface area contributed by atoms with Gasteiger partial charge in [-0.15, -0.1) is 0 Å². The van der Waals surface area contributed by atoms with Crippen LogP contribution in [0, 0.1) is 5.92 Å². The van der Waals surface area contributed by atoms with Crippen LogP contribution in [-0.2, 0) is 4.79 Å². The minimum Gasteiger partial charge on any atom is -0.375 e. The van der Waals surface area contributed by atoms with E-state index in [2.05, 4.69) is 23.1 Å². The third kappa shape index (κ3) is 4.07. The number of nitrogens with one attached hydrogen (secondary N) is 2. The molecule has 0 aliphatic heterocycles. The molecule has 13 heavy (non-hydrogen) atoms. The zero-order valence-electron chi connectivity index (χ0n) is 7.51. The summed E-state index contributed by atoms with van der Waals surface area (Å²) < 4.78 is 0. The van der Waals surface area contributed by atoms with Crippen molar-refractivity contribution in [3.8, 4) is 0 Å². The number of hydrazine groups is 1. The van der Waals surface area contributed by atoms with Gasteiger partial charge in [0.2, 0.25) is 5.91 Å². The summed E-state index contributed by atoms with van der Waals surface area (Å²) in [6, 6.07) is 0. The first-order valence-corrected chi connectivity index (χ1v) is 4.93. The molecule has 1 saturated carbocycles. The highest BCUT2D eigenvalue weighted by Gasteiger charge is 2.17. The fourth-order valence-electron chi connectivity index (χ4n) is 1.66. The molecule has 0 bridgehead atoms. The van der Waals surface area contributed by atoms with E-state index in [-0.39, 0.29) is 11.0 Å². The van der Waals surface area contributed by atoms with Crippen LogP contribution in [0.1, 0.15) is 32.1 Å². The van der Waals surface area contributed by atoms with E-state index in [1.165, 1.54) is 25.7 Å². The molecule has 0 aromatic carbocycles. The molecule has 1 amide bonds. The Bertz CT molecular complexity index is 202. The first-order valence-electron chi connectivity index (χ1n) is 4.53. The Labute approximate surface area is 83.2 Å². The monoisotopic (exact) mass is 201 g/mol. The summed E-state index contributed by atoms with van der Waals surface area (Å²) in [5, 5.41) is 0.0970. The van der Waals surface area contributed by atoms with E-state index in [0.29, 0.717) is 12.3 Å². The second-order valence-electron chi connectivity index (χ2n) is 3.39. The Balaban J connectivity index is 2.13. The van der Waals surface area contributed by atoms with Crippen LogP contribution in [0.3, 0.4) is 0 Å². The molecule has 1 aliphatic rings. The smallest absolute Gasteiger partial charge is 0.238 e. The number of carbonyl (C=O) groups excluding carboxylic acids is 1. The van der Waals surface area contributed by atoms with E-state index in [0.717, 1.165) is 0 Å². The van der Waals surface area contributed by atoms with Crippen LogP contribution in [0.25, 0.3) is 0 Å². The van der Waals surface area contributed by atoms with Gasteiger partial charge in [-0.2, -0.15) is 0 Å². The molecule has 1 aliphatic carbocycles. The third-order valence-corrected chi connectivity index (χ3v) is 2.38. The number of hydrogen-bond acceptors (Lipinski definition) is 2. The number of nitrogens with two attached hydrogens (primary N) is 1. The number of rotatable bonds is 2. The standard InChI is InChI=1S/C8H15N3OS/c9-8(13)11-10-7(12)5-6-3-1-2-4-6/h6H,1-5H2,(H,10,12)(H3,9,11,13). The lowest BCUT2D eigenvalue weighted by Crippen LogP contribution is -2.44. The molecule has 0 spiro atoms. The first kappa shape index (κ1) is 10.2. The molecule has 1 rings (SSSR count). The molecule has 0 radical (unpaired) electrons. The molecule has 1 fully saturated rings. The van der Waals surface area contributed by atoms with Gasteiger partial charge in [-0.25, -0.2) is 0 Å². The van der Waals surface area contributed by atoms with Crippen LogP contribution in [0.15, 0.2) is 0 Å². The molecular weight excluding hydrogens is 186 g/mol. The van der Waals surface area contributed by atoms with Gasteiger partial charge in [-0.05, 0) is 31.0 Å². The van der Waals surface area contributed by atoms with Crippen molar-refractivity contribution in [3.05, 3.63) is 0 Å². The summed E-state index contributed by atoms with van der Waals surface area (Å²) in [6.45, 7) is 0. The topological polar surface area (TPSA) is 67.2 Å². The van der Waals surface area contributed by atoms with Crippen LogP contribution in [-0.4, -0.2) is 11.0 Å². The fraction of sp³-hybridized carbons (Fsp3) is 0.750. The predicted octanol–water partition coefficient (Wildman–Crippen LogP) is 0.431. The van der Waals surface area contributed by atoms with Crippen molar-refractivity contribution in [2.45, 2.75) is 32.1 Å². The van der Waals surface area contributed by atoms with Crippen molar-refractivity contribution in [3.63, 3.8) is 0 Å². The van der Waals surface area contributed by atoms with Crippen molar-refractivity contribution < 1.29 is 4.79 Å². The quantitative estimate of drug-likeness (QED) is 0.448. The highest BCUT2D eigenvalue weighted by atomic mass is 32.1. The Morgan fingerprint density at radius 3 is 2.54 bits per heavy atom. The van der Waals surface area contributed by atoms with Gasteiger partial charge in [-0.3, -0.25) is 15.6 Å². The van der Waals surface area contributed by atoms with Gasteiger partial charge in [0, 0.05) is 6.42 Å². The lowest BCUT2D eigenvalue weighted by atomic mass is 10.0. The van der Waals surface area contributed by atoms with Crippen molar-refractivity contribution >= 4 is 23.2 Å². The summed E-state index contributed by atoms with van der Waals surface area (Å²) in [6.07, 6.45) is 5.41. The van der Waals surface area contributed by atoms with E-state index in [1.54, 1.807) is 0 Å². The van der Waals surface area contributed by atoms with Crippen molar-refractivity contribution in [1.82, 2.24) is 10.9 Å². The largest absolute Gasteiger partial charge is 0.375 e. The van der Waals surface area contributed by atoms with Crippen molar-refractivity contribution in [2.24, 2.45) is 11.7 Å². The maximum atomic E-state index is 11.2. The highest BCUT2D eigenvalue weighted by Crippen LogP contribution is 2.27.